The highest BCUT2D eigenvalue weighted by atomic mass is 32.1. The zero-order valence-electron chi connectivity index (χ0n) is 14.4. The smallest absolute Gasteiger partial charge is 0.229 e. The molecule has 25 heavy (non-hydrogen) atoms. The Bertz CT molecular complexity index is 837. The third-order valence-corrected chi connectivity index (χ3v) is 5.34. The molecule has 10 heteroatoms. The van der Waals surface area contributed by atoms with Crippen LogP contribution in [-0.4, -0.2) is 57.8 Å². The summed E-state index contributed by atoms with van der Waals surface area (Å²) in [4.78, 5) is 11.3. The number of thiazole rings is 1. The van der Waals surface area contributed by atoms with Gasteiger partial charge in [0.25, 0.3) is 0 Å². The van der Waals surface area contributed by atoms with Gasteiger partial charge in [-0.05, 0) is 6.92 Å². The molecule has 0 saturated carbocycles. The molecule has 4 rings (SSSR count). The third-order valence-electron chi connectivity index (χ3n) is 4.13. The predicted molar refractivity (Wildman–Crippen MR) is 91.8 cm³/mol. The fourth-order valence-corrected chi connectivity index (χ4v) is 4.05. The molecule has 0 radical (unpaired) electrons. The number of nitrogens with zero attached hydrogens (tertiary/aromatic N) is 6. The molecule has 0 unspecified atom stereocenters. The molecule has 1 aliphatic rings. The largest absolute Gasteiger partial charge is 0.377 e. The van der Waals surface area contributed by atoms with Gasteiger partial charge >= 0.3 is 0 Å². The first-order valence-corrected chi connectivity index (χ1v) is 8.92. The van der Waals surface area contributed by atoms with Gasteiger partial charge in [-0.1, -0.05) is 16.5 Å². The van der Waals surface area contributed by atoms with Gasteiger partial charge in [0.15, 0.2) is 16.6 Å². The minimum absolute atomic E-state index is 0.00386. The van der Waals surface area contributed by atoms with E-state index in [9.17, 15) is 0 Å². The van der Waals surface area contributed by atoms with E-state index in [1.807, 2.05) is 18.7 Å². The van der Waals surface area contributed by atoms with Crippen LogP contribution in [0, 0.1) is 6.92 Å². The number of aryl methyl sites for hydroxylation is 2. The first kappa shape index (κ1) is 16.4. The molecule has 0 bridgehead atoms. The highest BCUT2D eigenvalue weighted by Crippen LogP contribution is 2.31. The summed E-state index contributed by atoms with van der Waals surface area (Å²) in [6, 6.07) is 0. The van der Waals surface area contributed by atoms with Gasteiger partial charge in [-0.15, -0.1) is 0 Å². The fraction of sp³-hybridized carbons (Fsp3) is 0.600. The lowest BCUT2D eigenvalue weighted by Gasteiger charge is -2.32. The number of morpholine rings is 1. The van der Waals surface area contributed by atoms with Gasteiger partial charge in [0.2, 0.25) is 5.89 Å². The summed E-state index contributed by atoms with van der Waals surface area (Å²) in [6.07, 6.45) is 0.578. The van der Waals surface area contributed by atoms with Crippen LogP contribution < -0.4 is 4.90 Å². The Labute approximate surface area is 148 Å². The molecule has 3 aromatic heterocycles. The van der Waals surface area contributed by atoms with Crippen LogP contribution in [0.15, 0.2) is 4.52 Å². The zero-order valence-corrected chi connectivity index (χ0v) is 15.2. The number of anilines is 1. The number of ether oxygens (including phenoxy) is 2. The van der Waals surface area contributed by atoms with E-state index in [2.05, 4.69) is 20.1 Å². The lowest BCUT2D eigenvalue weighted by Crippen LogP contribution is -2.43. The molecule has 1 aliphatic heterocycles. The summed E-state index contributed by atoms with van der Waals surface area (Å²) in [6.45, 7) is 4.58. The standard InChI is InChI=1S/C15H20N6O3S/c1-9-13-14(20(2)18-9)17-15(25-13)21-4-5-23-10(7-21)6-12-16-11(8-22-3)19-24-12/h10H,4-8H2,1-3H3/t10-/m0/s1. The van der Waals surface area contributed by atoms with Crippen LogP contribution >= 0.6 is 11.3 Å². The Kier molecular flexibility index (Phi) is 4.40. The highest BCUT2D eigenvalue weighted by molar-refractivity contribution is 7.22. The van der Waals surface area contributed by atoms with Crippen LogP contribution in [0.2, 0.25) is 0 Å². The van der Waals surface area contributed by atoms with Crippen LogP contribution in [0.25, 0.3) is 10.3 Å². The van der Waals surface area contributed by atoms with Crippen molar-refractivity contribution in [3.63, 3.8) is 0 Å². The monoisotopic (exact) mass is 364 g/mol. The van der Waals surface area contributed by atoms with E-state index in [0.717, 1.165) is 34.3 Å². The van der Waals surface area contributed by atoms with E-state index in [-0.39, 0.29) is 6.10 Å². The van der Waals surface area contributed by atoms with E-state index in [1.165, 1.54) is 0 Å². The molecule has 1 saturated heterocycles. The second-order valence-electron chi connectivity index (χ2n) is 6.04. The topological polar surface area (TPSA) is 91.3 Å². The molecule has 0 N–H and O–H groups in total. The number of hydrogen-bond acceptors (Lipinski definition) is 9. The van der Waals surface area contributed by atoms with Crippen molar-refractivity contribution in [2.75, 3.05) is 31.7 Å². The molecule has 0 aromatic carbocycles. The van der Waals surface area contributed by atoms with Crippen molar-refractivity contribution in [3.05, 3.63) is 17.4 Å². The van der Waals surface area contributed by atoms with E-state index in [1.54, 1.807) is 18.4 Å². The zero-order chi connectivity index (χ0) is 17.4. The summed E-state index contributed by atoms with van der Waals surface area (Å²) in [5.74, 6) is 1.13. The van der Waals surface area contributed by atoms with E-state index in [4.69, 9.17) is 19.0 Å². The lowest BCUT2D eigenvalue weighted by molar-refractivity contribution is 0.0362. The second kappa shape index (κ2) is 6.70. The summed E-state index contributed by atoms with van der Waals surface area (Å²) >= 11 is 1.68. The van der Waals surface area contributed by atoms with E-state index in [0.29, 0.717) is 31.3 Å². The average Bonchev–Trinajstić information content (AvgIpc) is 3.27. The number of fused-ring (bicyclic) bond motifs is 1. The highest BCUT2D eigenvalue weighted by Gasteiger charge is 2.26. The number of hydrogen-bond donors (Lipinski definition) is 0. The van der Waals surface area contributed by atoms with Gasteiger partial charge in [0.1, 0.15) is 6.61 Å². The molecule has 9 nitrogen and oxygen atoms in total. The van der Waals surface area contributed by atoms with Crippen molar-refractivity contribution in [1.82, 2.24) is 24.9 Å². The summed E-state index contributed by atoms with van der Waals surface area (Å²) in [5.41, 5.74) is 1.95. The summed E-state index contributed by atoms with van der Waals surface area (Å²) < 4.78 is 19.1. The summed E-state index contributed by atoms with van der Waals surface area (Å²) in [5, 5.41) is 9.30. The molecule has 134 valence electrons. The van der Waals surface area contributed by atoms with Crippen LogP contribution in [-0.2, 0) is 29.5 Å². The van der Waals surface area contributed by atoms with Crippen LogP contribution in [0.1, 0.15) is 17.4 Å². The van der Waals surface area contributed by atoms with Gasteiger partial charge in [-0.25, -0.2) is 9.67 Å². The van der Waals surface area contributed by atoms with Crippen LogP contribution in [0.5, 0.6) is 0 Å². The van der Waals surface area contributed by atoms with Crippen LogP contribution in [0.4, 0.5) is 5.13 Å². The maximum absolute atomic E-state index is 5.86. The molecule has 3 aromatic rings. The van der Waals surface area contributed by atoms with Gasteiger partial charge in [0.05, 0.1) is 29.5 Å². The van der Waals surface area contributed by atoms with E-state index < -0.39 is 0 Å². The number of rotatable bonds is 5. The SMILES string of the molecule is COCc1noc(C[C@H]2CN(c3nc4c(s3)c(C)nn4C)CCO2)n1. The van der Waals surface area contributed by atoms with Crippen molar-refractivity contribution in [2.24, 2.45) is 7.05 Å². The van der Waals surface area contributed by atoms with Gasteiger partial charge < -0.3 is 18.9 Å². The van der Waals surface area contributed by atoms with Gasteiger partial charge in [0, 0.05) is 27.2 Å². The Balaban J connectivity index is 1.46. The number of aromatic nitrogens is 5. The molecule has 1 atom stereocenters. The number of methoxy groups -OCH3 is 1. The maximum atomic E-state index is 5.86. The Morgan fingerprint density at radius 2 is 2.24 bits per heavy atom. The molecule has 0 aliphatic carbocycles. The fourth-order valence-electron chi connectivity index (χ4n) is 2.98. The van der Waals surface area contributed by atoms with Crippen molar-refractivity contribution >= 4 is 26.8 Å². The molecular formula is C15H20N6O3S. The Morgan fingerprint density at radius 1 is 1.36 bits per heavy atom. The Morgan fingerprint density at radius 3 is 3.04 bits per heavy atom. The van der Waals surface area contributed by atoms with Gasteiger partial charge in [-0.3, -0.25) is 0 Å². The quantitative estimate of drug-likeness (QED) is 0.669. The molecule has 1 fully saturated rings. The first-order valence-electron chi connectivity index (χ1n) is 8.11. The molecule has 4 heterocycles. The van der Waals surface area contributed by atoms with Gasteiger partial charge in [-0.2, -0.15) is 10.1 Å². The predicted octanol–water partition coefficient (Wildman–Crippen LogP) is 1.32. The Hall–Kier alpha value is -2.04. The normalized spacial score (nSPS) is 18.4. The van der Waals surface area contributed by atoms with Crippen molar-refractivity contribution in [2.45, 2.75) is 26.1 Å². The van der Waals surface area contributed by atoms with E-state index >= 15 is 0 Å². The minimum Gasteiger partial charge on any atom is -0.377 e. The maximum Gasteiger partial charge on any atom is 0.229 e. The average molecular weight is 364 g/mol. The molecule has 0 spiro atoms. The second-order valence-corrected chi connectivity index (χ2v) is 7.02. The minimum atomic E-state index is -0.00386. The van der Waals surface area contributed by atoms with Crippen molar-refractivity contribution in [3.8, 4) is 0 Å². The third kappa shape index (κ3) is 3.24. The molecular weight excluding hydrogens is 344 g/mol. The van der Waals surface area contributed by atoms with Crippen molar-refractivity contribution < 1.29 is 14.0 Å². The van der Waals surface area contributed by atoms with Crippen molar-refractivity contribution in [1.29, 1.82) is 0 Å². The van der Waals surface area contributed by atoms with Crippen LogP contribution in [0.3, 0.4) is 0 Å². The molecule has 0 amide bonds. The first-order chi connectivity index (χ1) is 12.1. The lowest BCUT2D eigenvalue weighted by atomic mass is 10.2. The summed E-state index contributed by atoms with van der Waals surface area (Å²) in [7, 11) is 3.53.